The fraction of sp³-hybridized carbons (Fsp3) is 0.524. The molecular weight excluding hydrogens is 356 g/mol. The third kappa shape index (κ3) is 4.72. The molecule has 0 bridgehead atoms. The molecule has 0 spiro atoms. The van der Waals surface area contributed by atoms with Crippen LogP contribution in [0.2, 0.25) is 0 Å². The second kappa shape index (κ2) is 9.71. The van der Waals surface area contributed by atoms with Gasteiger partial charge >= 0.3 is 0 Å². The van der Waals surface area contributed by atoms with Crippen LogP contribution in [0.25, 0.3) is 5.69 Å². The minimum atomic E-state index is -0.0934. The number of nitrogens with one attached hydrogen (secondary N) is 1. The molecule has 1 fully saturated rings. The molecule has 1 aliphatic heterocycles. The fourth-order valence-corrected chi connectivity index (χ4v) is 3.83. The zero-order chi connectivity index (χ0) is 19.9. The molecule has 2 aromatic rings. The lowest BCUT2D eigenvalue weighted by Gasteiger charge is -2.32. The van der Waals surface area contributed by atoms with Crippen molar-refractivity contribution < 1.29 is 14.3 Å². The summed E-state index contributed by atoms with van der Waals surface area (Å²) in [5, 5.41) is 7.43. The second-order valence-corrected chi connectivity index (χ2v) is 7.25. The van der Waals surface area contributed by atoms with E-state index in [1.165, 1.54) is 12.8 Å². The highest BCUT2D eigenvalue weighted by molar-refractivity contribution is 5.95. The number of hydrogen-bond donors (Lipinski definition) is 1. The number of carbonyl (C=O) groups is 1. The summed E-state index contributed by atoms with van der Waals surface area (Å²) < 4.78 is 12.4. The molecule has 0 aliphatic carbocycles. The third-order valence-electron chi connectivity index (χ3n) is 5.29. The molecule has 1 aromatic carbocycles. The number of carbonyl (C=O) groups excluding carboxylic acids is 1. The highest BCUT2D eigenvalue weighted by atomic mass is 16.5. The van der Waals surface area contributed by atoms with E-state index >= 15 is 0 Å². The Kier molecular flexibility index (Phi) is 7.06. The van der Waals surface area contributed by atoms with E-state index in [1.807, 2.05) is 31.2 Å². The van der Waals surface area contributed by atoms with Crippen molar-refractivity contribution >= 4 is 5.91 Å². The Morgan fingerprint density at radius 1 is 1.32 bits per heavy atom. The lowest BCUT2D eigenvalue weighted by molar-refractivity contribution is 0.0866. The molecule has 2 heterocycles. The van der Waals surface area contributed by atoms with Gasteiger partial charge in [-0.2, -0.15) is 5.10 Å². The lowest BCUT2D eigenvalue weighted by atomic mass is 9.99. The monoisotopic (exact) mass is 386 g/mol. The Labute approximate surface area is 166 Å². The predicted molar refractivity (Wildman–Crippen MR) is 108 cm³/mol. The fourth-order valence-electron chi connectivity index (χ4n) is 3.83. The number of likely N-dealkylation sites (tertiary alicyclic amines) is 1. The van der Waals surface area contributed by atoms with Gasteiger partial charge in [-0.1, -0.05) is 12.1 Å². The molecule has 7 nitrogen and oxygen atoms in total. The zero-order valence-electron chi connectivity index (χ0n) is 17.0. The van der Waals surface area contributed by atoms with Crippen LogP contribution in [0.4, 0.5) is 0 Å². The highest BCUT2D eigenvalue weighted by Crippen LogP contribution is 2.24. The van der Waals surface area contributed by atoms with E-state index in [-0.39, 0.29) is 5.91 Å². The maximum absolute atomic E-state index is 12.6. The van der Waals surface area contributed by atoms with Crippen molar-refractivity contribution in [2.75, 3.05) is 47.0 Å². The first-order chi connectivity index (χ1) is 13.6. The lowest BCUT2D eigenvalue weighted by Crippen LogP contribution is -2.41. The summed E-state index contributed by atoms with van der Waals surface area (Å²) in [6.45, 7) is 6.30. The number of benzene rings is 1. The van der Waals surface area contributed by atoms with Crippen LogP contribution in [0.15, 0.2) is 30.5 Å². The van der Waals surface area contributed by atoms with Gasteiger partial charge in [0.05, 0.1) is 31.2 Å². The number of methoxy groups -OCH3 is 2. The summed E-state index contributed by atoms with van der Waals surface area (Å²) in [6, 6.07) is 7.64. The summed E-state index contributed by atoms with van der Waals surface area (Å²) in [7, 11) is 3.38. The number of amides is 1. The maximum atomic E-state index is 12.6. The Bertz CT molecular complexity index is 788. The minimum Gasteiger partial charge on any atom is -0.494 e. The summed E-state index contributed by atoms with van der Waals surface area (Å²) in [6.07, 6.45) is 4.03. The van der Waals surface area contributed by atoms with E-state index in [0.29, 0.717) is 18.0 Å². The van der Waals surface area contributed by atoms with Gasteiger partial charge in [0.1, 0.15) is 11.4 Å². The van der Waals surface area contributed by atoms with Gasteiger partial charge in [-0.05, 0) is 44.4 Å². The summed E-state index contributed by atoms with van der Waals surface area (Å²) >= 11 is 0. The predicted octanol–water partition coefficient (Wildman–Crippen LogP) is 2.28. The molecule has 1 aliphatic rings. The first-order valence-corrected chi connectivity index (χ1v) is 9.81. The van der Waals surface area contributed by atoms with Crippen LogP contribution in [0.3, 0.4) is 0 Å². The minimum absolute atomic E-state index is 0.0934. The molecule has 3 rings (SSSR count). The van der Waals surface area contributed by atoms with Crippen LogP contribution in [-0.2, 0) is 4.74 Å². The zero-order valence-corrected chi connectivity index (χ0v) is 17.0. The topological polar surface area (TPSA) is 68.6 Å². The number of piperidine rings is 1. The number of ether oxygens (including phenoxy) is 2. The largest absolute Gasteiger partial charge is 0.494 e. The molecule has 0 saturated carbocycles. The Hall–Kier alpha value is -2.38. The number of rotatable bonds is 8. The van der Waals surface area contributed by atoms with Gasteiger partial charge in [-0.3, -0.25) is 4.79 Å². The van der Waals surface area contributed by atoms with Crippen LogP contribution in [0.5, 0.6) is 5.75 Å². The first kappa shape index (κ1) is 20.4. The van der Waals surface area contributed by atoms with Crippen molar-refractivity contribution in [1.29, 1.82) is 0 Å². The van der Waals surface area contributed by atoms with Gasteiger partial charge in [0.25, 0.3) is 5.91 Å². The van der Waals surface area contributed by atoms with Crippen LogP contribution >= 0.6 is 0 Å². The number of para-hydroxylation sites is 2. The van der Waals surface area contributed by atoms with Crippen molar-refractivity contribution in [3.05, 3.63) is 41.7 Å². The molecule has 0 radical (unpaired) electrons. The SMILES string of the molecule is COC[C@H]1CCCN(CCNC(=O)c2cnn(-c3ccccc3OC)c2C)C1. The second-order valence-electron chi connectivity index (χ2n) is 7.25. The van der Waals surface area contributed by atoms with Crippen LogP contribution in [-0.4, -0.2) is 67.6 Å². The average Bonchev–Trinajstić information content (AvgIpc) is 3.09. The normalized spacial score (nSPS) is 17.5. The van der Waals surface area contributed by atoms with E-state index in [9.17, 15) is 4.79 Å². The van der Waals surface area contributed by atoms with Crippen LogP contribution < -0.4 is 10.1 Å². The summed E-state index contributed by atoms with van der Waals surface area (Å²) in [5.74, 6) is 1.22. The van der Waals surface area contributed by atoms with E-state index < -0.39 is 0 Å². The van der Waals surface area contributed by atoms with Crippen molar-refractivity contribution in [3.63, 3.8) is 0 Å². The van der Waals surface area contributed by atoms with Gasteiger partial charge in [-0.25, -0.2) is 4.68 Å². The summed E-state index contributed by atoms with van der Waals surface area (Å²) in [4.78, 5) is 15.0. The third-order valence-corrected chi connectivity index (χ3v) is 5.29. The van der Waals surface area contributed by atoms with Crippen molar-refractivity contribution in [1.82, 2.24) is 20.0 Å². The van der Waals surface area contributed by atoms with Crippen molar-refractivity contribution in [2.24, 2.45) is 5.92 Å². The van der Waals surface area contributed by atoms with E-state index in [2.05, 4.69) is 15.3 Å². The molecule has 1 amide bonds. The van der Waals surface area contributed by atoms with Gasteiger partial charge in [0.15, 0.2) is 0 Å². The standard InChI is InChI=1S/C21H30N4O3/c1-16-18(13-23-25(16)19-8-4-5-9-20(19)28-3)21(26)22-10-12-24-11-6-7-17(14-24)15-27-2/h4-5,8-9,13,17H,6-7,10-12,14-15H2,1-3H3,(H,22,26)/t17-/m0/s1. The first-order valence-electron chi connectivity index (χ1n) is 9.81. The quantitative estimate of drug-likeness (QED) is 0.754. The molecule has 1 saturated heterocycles. The molecule has 1 N–H and O–H groups in total. The van der Waals surface area contributed by atoms with Gasteiger partial charge in [0.2, 0.25) is 0 Å². The molecule has 1 atom stereocenters. The van der Waals surface area contributed by atoms with E-state index in [0.717, 1.165) is 43.4 Å². The van der Waals surface area contributed by atoms with Crippen molar-refractivity contribution in [2.45, 2.75) is 19.8 Å². The smallest absolute Gasteiger partial charge is 0.254 e. The Balaban J connectivity index is 1.57. The Morgan fingerprint density at radius 3 is 2.93 bits per heavy atom. The number of nitrogens with zero attached hydrogens (tertiary/aromatic N) is 3. The van der Waals surface area contributed by atoms with Crippen LogP contribution in [0, 0.1) is 12.8 Å². The number of aromatic nitrogens is 2. The van der Waals surface area contributed by atoms with E-state index in [4.69, 9.17) is 9.47 Å². The average molecular weight is 386 g/mol. The molecular formula is C21H30N4O3. The van der Waals surface area contributed by atoms with Gasteiger partial charge in [-0.15, -0.1) is 0 Å². The molecule has 1 aromatic heterocycles. The molecule has 152 valence electrons. The number of hydrogen-bond acceptors (Lipinski definition) is 5. The maximum Gasteiger partial charge on any atom is 0.254 e. The van der Waals surface area contributed by atoms with E-state index in [1.54, 1.807) is 25.1 Å². The Morgan fingerprint density at radius 2 is 2.14 bits per heavy atom. The van der Waals surface area contributed by atoms with Gasteiger partial charge in [0, 0.05) is 26.7 Å². The van der Waals surface area contributed by atoms with Crippen LogP contribution in [0.1, 0.15) is 28.9 Å². The molecule has 28 heavy (non-hydrogen) atoms. The molecule has 7 heteroatoms. The van der Waals surface area contributed by atoms with Crippen molar-refractivity contribution in [3.8, 4) is 11.4 Å². The highest BCUT2D eigenvalue weighted by Gasteiger charge is 2.20. The summed E-state index contributed by atoms with van der Waals surface area (Å²) in [5.41, 5.74) is 2.20. The van der Waals surface area contributed by atoms with Gasteiger partial charge < -0.3 is 19.7 Å². The molecule has 0 unspecified atom stereocenters.